The molecule has 2 nitrogen and oxygen atoms in total. The minimum Gasteiger partial charge on any atom is -0.390 e. The van der Waals surface area contributed by atoms with Crippen molar-refractivity contribution < 1.29 is 4.84 Å². The van der Waals surface area contributed by atoms with Crippen LogP contribution in [-0.2, 0) is 4.84 Å². The summed E-state index contributed by atoms with van der Waals surface area (Å²) in [6.45, 7) is 1.90. The summed E-state index contributed by atoms with van der Waals surface area (Å²) < 4.78 is 0.960. The standard InChI is InChI=1S/C11H10BrCl2NO/c1-6(13)11-5-10(15-16-11)8-4-7(14)2-3-9(8)12/h2-4,6,11H,5H2,1H3. The Bertz CT molecular complexity index is 434. The SMILES string of the molecule is CC(Cl)C1CC(c2cc(Cl)ccc2Br)=NO1. The summed E-state index contributed by atoms with van der Waals surface area (Å²) in [5, 5.41) is 4.68. The number of nitrogens with zero attached hydrogens (tertiary/aromatic N) is 1. The molecule has 0 saturated heterocycles. The van der Waals surface area contributed by atoms with Gasteiger partial charge in [-0.05, 0) is 25.1 Å². The maximum atomic E-state index is 5.97. The van der Waals surface area contributed by atoms with E-state index in [9.17, 15) is 0 Å². The lowest BCUT2D eigenvalue weighted by atomic mass is 10.0. The van der Waals surface area contributed by atoms with Gasteiger partial charge in [0.2, 0.25) is 0 Å². The van der Waals surface area contributed by atoms with Crippen molar-refractivity contribution in [1.82, 2.24) is 0 Å². The monoisotopic (exact) mass is 321 g/mol. The summed E-state index contributed by atoms with van der Waals surface area (Å²) in [4.78, 5) is 5.27. The van der Waals surface area contributed by atoms with E-state index < -0.39 is 0 Å². The summed E-state index contributed by atoms with van der Waals surface area (Å²) in [5.74, 6) is 0. The molecule has 16 heavy (non-hydrogen) atoms. The molecule has 86 valence electrons. The number of hydrogen-bond acceptors (Lipinski definition) is 2. The molecule has 0 saturated carbocycles. The predicted molar refractivity (Wildman–Crippen MR) is 70.5 cm³/mol. The minimum atomic E-state index is -0.0563. The fraction of sp³-hybridized carbons (Fsp3) is 0.364. The first-order valence-corrected chi connectivity index (χ1v) is 6.51. The Kier molecular flexibility index (Phi) is 3.77. The molecule has 0 radical (unpaired) electrons. The van der Waals surface area contributed by atoms with Gasteiger partial charge in [0.05, 0.1) is 11.1 Å². The van der Waals surface area contributed by atoms with Crippen LogP contribution in [0.5, 0.6) is 0 Å². The second kappa shape index (κ2) is 4.94. The summed E-state index contributed by atoms with van der Waals surface area (Å²) >= 11 is 15.4. The third-order valence-electron chi connectivity index (χ3n) is 2.44. The first-order chi connectivity index (χ1) is 7.58. The van der Waals surface area contributed by atoms with Gasteiger partial charge in [-0.3, -0.25) is 0 Å². The minimum absolute atomic E-state index is 0.0532. The average molecular weight is 323 g/mol. The highest BCUT2D eigenvalue weighted by atomic mass is 79.9. The van der Waals surface area contributed by atoms with Crippen LogP contribution < -0.4 is 0 Å². The molecule has 1 aliphatic rings. The highest BCUT2D eigenvalue weighted by molar-refractivity contribution is 9.10. The highest BCUT2D eigenvalue weighted by Gasteiger charge is 2.27. The van der Waals surface area contributed by atoms with Crippen molar-refractivity contribution in [2.75, 3.05) is 0 Å². The molecule has 0 bridgehead atoms. The van der Waals surface area contributed by atoms with Gasteiger partial charge < -0.3 is 4.84 Å². The molecule has 0 aromatic heterocycles. The Morgan fingerprint density at radius 1 is 1.56 bits per heavy atom. The Balaban J connectivity index is 2.23. The van der Waals surface area contributed by atoms with Crippen LogP contribution >= 0.6 is 39.1 Å². The van der Waals surface area contributed by atoms with Crippen LogP contribution in [0, 0.1) is 0 Å². The molecular weight excluding hydrogens is 313 g/mol. The van der Waals surface area contributed by atoms with Crippen LogP contribution in [0.1, 0.15) is 18.9 Å². The number of benzene rings is 1. The van der Waals surface area contributed by atoms with Crippen LogP contribution in [0.2, 0.25) is 5.02 Å². The van der Waals surface area contributed by atoms with Gasteiger partial charge in [0.25, 0.3) is 0 Å². The lowest BCUT2D eigenvalue weighted by Gasteiger charge is -2.09. The number of oxime groups is 1. The topological polar surface area (TPSA) is 21.6 Å². The van der Waals surface area contributed by atoms with Gasteiger partial charge in [0.15, 0.2) is 0 Å². The zero-order valence-electron chi connectivity index (χ0n) is 8.58. The van der Waals surface area contributed by atoms with Crippen LogP contribution in [-0.4, -0.2) is 17.2 Å². The number of hydrogen-bond donors (Lipinski definition) is 0. The number of alkyl halides is 1. The summed E-state index contributed by atoms with van der Waals surface area (Å²) in [6, 6.07) is 5.60. The van der Waals surface area contributed by atoms with E-state index in [0.717, 1.165) is 15.7 Å². The van der Waals surface area contributed by atoms with Crippen LogP contribution in [0.25, 0.3) is 0 Å². The number of halogens is 3. The third-order valence-corrected chi connectivity index (χ3v) is 3.65. The van der Waals surface area contributed by atoms with Gasteiger partial charge in [-0.2, -0.15) is 0 Å². The molecule has 1 aromatic rings. The first kappa shape index (κ1) is 12.2. The van der Waals surface area contributed by atoms with Crippen LogP contribution in [0.3, 0.4) is 0 Å². The zero-order valence-corrected chi connectivity index (χ0v) is 11.7. The van der Waals surface area contributed by atoms with E-state index in [1.54, 1.807) is 0 Å². The molecule has 0 spiro atoms. The zero-order chi connectivity index (χ0) is 11.7. The highest BCUT2D eigenvalue weighted by Crippen LogP contribution is 2.27. The maximum Gasteiger partial charge on any atom is 0.149 e. The second-order valence-electron chi connectivity index (χ2n) is 3.69. The van der Waals surface area contributed by atoms with Crippen molar-refractivity contribution >= 4 is 44.8 Å². The van der Waals surface area contributed by atoms with Crippen LogP contribution in [0.4, 0.5) is 0 Å². The summed E-state index contributed by atoms with van der Waals surface area (Å²) in [5.41, 5.74) is 1.85. The van der Waals surface area contributed by atoms with E-state index in [-0.39, 0.29) is 11.5 Å². The van der Waals surface area contributed by atoms with Crippen molar-refractivity contribution in [3.05, 3.63) is 33.3 Å². The van der Waals surface area contributed by atoms with Crippen molar-refractivity contribution in [2.45, 2.75) is 24.8 Å². The van der Waals surface area contributed by atoms with E-state index in [1.165, 1.54) is 0 Å². The van der Waals surface area contributed by atoms with Gasteiger partial charge in [0, 0.05) is 21.5 Å². The van der Waals surface area contributed by atoms with Gasteiger partial charge in [-0.25, -0.2) is 0 Å². The lowest BCUT2D eigenvalue weighted by molar-refractivity contribution is 0.0855. The number of rotatable bonds is 2. The van der Waals surface area contributed by atoms with Gasteiger partial charge >= 0.3 is 0 Å². The van der Waals surface area contributed by atoms with E-state index in [0.29, 0.717) is 11.4 Å². The predicted octanol–water partition coefficient (Wildman–Crippen LogP) is 4.22. The summed E-state index contributed by atoms with van der Waals surface area (Å²) in [7, 11) is 0. The van der Waals surface area contributed by atoms with E-state index >= 15 is 0 Å². The molecule has 2 rings (SSSR count). The Morgan fingerprint density at radius 3 is 2.94 bits per heavy atom. The maximum absolute atomic E-state index is 5.97. The van der Waals surface area contributed by atoms with Gasteiger partial charge in [0.1, 0.15) is 6.10 Å². The van der Waals surface area contributed by atoms with E-state index in [2.05, 4.69) is 21.1 Å². The lowest BCUT2D eigenvalue weighted by Crippen LogP contribution is -2.18. The molecule has 2 unspecified atom stereocenters. The molecule has 0 aliphatic carbocycles. The molecule has 0 N–H and O–H groups in total. The van der Waals surface area contributed by atoms with E-state index in [1.807, 2.05) is 25.1 Å². The average Bonchev–Trinajstić information content (AvgIpc) is 2.70. The Hall–Kier alpha value is -0.250. The molecule has 1 heterocycles. The molecule has 2 atom stereocenters. The van der Waals surface area contributed by atoms with Crippen molar-refractivity contribution in [3.8, 4) is 0 Å². The Labute approximate surface area is 113 Å². The van der Waals surface area contributed by atoms with Crippen molar-refractivity contribution in [3.63, 3.8) is 0 Å². The molecule has 1 aromatic carbocycles. The smallest absolute Gasteiger partial charge is 0.149 e. The molecular formula is C11H10BrCl2NO. The van der Waals surface area contributed by atoms with Crippen molar-refractivity contribution in [2.24, 2.45) is 5.16 Å². The van der Waals surface area contributed by atoms with Gasteiger partial charge in [-0.15, -0.1) is 11.6 Å². The molecule has 1 aliphatic heterocycles. The summed E-state index contributed by atoms with van der Waals surface area (Å²) in [6.07, 6.45) is 0.659. The molecule has 5 heteroatoms. The fourth-order valence-corrected chi connectivity index (χ4v) is 2.30. The first-order valence-electron chi connectivity index (χ1n) is 4.90. The third kappa shape index (κ3) is 2.53. The van der Waals surface area contributed by atoms with Crippen LogP contribution in [0.15, 0.2) is 27.8 Å². The quantitative estimate of drug-likeness (QED) is 0.747. The second-order valence-corrected chi connectivity index (χ2v) is 5.67. The largest absolute Gasteiger partial charge is 0.390 e. The normalized spacial score (nSPS) is 21.5. The fourth-order valence-electron chi connectivity index (χ4n) is 1.52. The van der Waals surface area contributed by atoms with Crippen molar-refractivity contribution in [1.29, 1.82) is 0 Å². The van der Waals surface area contributed by atoms with Gasteiger partial charge in [-0.1, -0.05) is 32.7 Å². The molecule has 0 fully saturated rings. The molecule has 0 amide bonds. The Morgan fingerprint density at radius 2 is 2.31 bits per heavy atom. The van der Waals surface area contributed by atoms with E-state index in [4.69, 9.17) is 28.0 Å².